The fourth-order valence-corrected chi connectivity index (χ4v) is 2.10. The first kappa shape index (κ1) is 12.3. The number of nitrogens with zero attached hydrogens (tertiary/aromatic N) is 3. The van der Waals surface area contributed by atoms with Crippen molar-refractivity contribution in [1.82, 2.24) is 14.5 Å². The molecule has 0 bridgehead atoms. The first-order valence-electron chi connectivity index (χ1n) is 6.33. The standard InChI is InChI=1S/C15H14N4O/c1-19-10-17-12-8-11(5-6-13(12)19)9-15(20)18-14-4-2-3-7-16-14/h2-8,10H,9H2,1H3,(H,16,18,20). The number of pyridine rings is 1. The summed E-state index contributed by atoms with van der Waals surface area (Å²) in [5.74, 6) is 0.482. The first-order chi connectivity index (χ1) is 9.72. The van der Waals surface area contributed by atoms with Gasteiger partial charge in [0, 0.05) is 13.2 Å². The Hall–Kier alpha value is -2.69. The van der Waals surface area contributed by atoms with E-state index in [4.69, 9.17) is 0 Å². The zero-order valence-corrected chi connectivity index (χ0v) is 11.1. The van der Waals surface area contributed by atoms with Crippen molar-refractivity contribution in [3.63, 3.8) is 0 Å². The number of amides is 1. The topological polar surface area (TPSA) is 59.8 Å². The van der Waals surface area contributed by atoms with Crippen LogP contribution in [0.25, 0.3) is 11.0 Å². The summed E-state index contributed by atoms with van der Waals surface area (Å²) in [5, 5.41) is 2.77. The van der Waals surface area contributed by atoms with Crippen LogP contribution in [0.3, 0.4) is 0 Å². The van der Waals surface area contributed by atoms with Gasteiger partial charge in [0.15, 0.2) is 0 Å². The van der Waals surface area contributed by atoms with Gasteiger partial charge in [0.1, 0.15) is 5.82 Å². The molecule has 20 heavy (non-hydrogen) atoms. The van der Waals surface area contributed by atoms with Gasteiger partial charge in [-0.05, 0) is 29.8 Å². The molecular weight excluding hydrogens is 252 g/mol. The molecule has 3 rings (SSSR count). The SMILES string of the molecule is Cn1cnc2cc(CC(=O)Nc3ccccn3)ccc21. The fourth-order valence-electron chi connectivity index (χ4n) is 2.10. The van der Waals surface area contributed by atoms with Crippen LogP contribution in [0.2, 0.25) is 0 Å². The third-order valence-electron chi connectivity index (χ3n) is 3.09. The molecule has 2 heterocycles. The summed E-state index contributed by atoms with van der Waals surface area (Å²) in [6.07, 6.45) is 3.72. The molecule has 3 aromatic rings. The second kappa shape index (κ2) is 5.13. The largest absolute Gasteiger partial charge is 0.334 e. The molecular formula is C15H14N4O. The molecule has 0 fully saturated rings. The maximum atomic E-state index is 11.9. The Labute approximate surface area is 116 Å². The molecule has 1 N–H and O–H groups in total. The smallest absolute Gasteiger partial charge is 0.229 e. The minimum absolute atomic E-state index is 0.0843. The average Bonchev–Trinajstić information content (AvgIpc) is 2.81. The summed E-state index contributed by atoms with van der Waals surface area (Å²) in [5.41, 5.74) is 2.89. The van der Waals surface area contributed by atoms with Crippen molar-refractivity contribution < 1.29 is 4.79 Å². The number of carbonyl (C=O) groups is 1. The molecule has 0 atom stereocenters. The van der Waals surface area contributed by atoms with Crippen LogP contribution in [0.15, 0.2) is 48.9 Å². The molecule has 5 heteroatoms. The third kappa shape index (κ3) is 2.51. The maximum absolute atomic E-state index is 11.9. The Bertz CT molecular complexity index is 749. The van der Waals surface area contributed by atoms with Gasteiger partial charge in [0.05, 0.1) is 23.8 Å². The van der Waals surface area contributed by atoms with E-state index in [2.05, 4.69) is 15.3 Å². The molecule has 0 spiro atoms. The van der Waals surface area contributed by atoms with Crippen LogP contribution in [0, 0.1) is 0 Å². The number of rotatable bonds is 3. The highest BCUT2D eigenvalue weighted by Crippen LogP contribution is 2.14. The highest BCUT2D eigenvalue weighted by molar-refractivity contribution is 5.92. The minimum Gasteiger partial charge on any atom is -0.334 e. The molecule has 0 radical (unpaired) electrons. The number of imidazole rings is 1. The lowest BCUT2D eigenvalue weighted by atomic mass is 10.1. The lowest BCUT2D eigenvalue weighted by Gasteiger charge is -2.04. The Kier molecular flexibility index (Phi) is 3.16. The normalized spacial score (nSPS) is 10.7. The van der Waals surface area contributed by atoms with Crippen LogP contribution in [0.4, 0.5) is 5.82 Å². The van der Waals surface area contributed by atoms with E-state index in [1.54, 1.807) is 18.6 Å². The van der Waals surface area contributed by atoms with E-state index < -0.39 is 0 Å². The molecule has 0 aliphatic rings. The number of hydrogen-bond acceptors (Lipinski definition) is 3. The van der Waals surface area contributed by atoms with Gasteiger partial charge >= 0.3 is 0 Å². The predicted molar refractivity (Wildman–Crippen MR) is 77.3 cm³/mol. The van der Waals surface area contributed by atoms with E-state index in [0.29, 0.717) is 12.2 Å². The summed E-state index contributed by atoms with van der Waals surface area (Å²) in [6.45, 7) is 0. The van der Waals surface area contributed by atoms with Gasteiger partial charge in [-0.1, -0.05) is 12.1 Å². The number of benzene rings is 1. The highest BCUT2D eigenvalue weighted by atomic mass is 16.1. The van der Waals surface area contributed by atoms with Crippen molar-refractivity contribution >= 4 is 22.8 Å². The van der Waals surface area contributed by atoms with Gasteiger partial charge in [0.2, 0.25) is 5.91 Å². The second-order valence-electron chi connectivity index (χ2n) is 4.62. The quantitative estimate of drug-likeness (QED) is 0.790. The van der Waals surface area contributed by atoms with Crippen LogP contribution in [0.1, 0.15) is 5.56 Å². The third-order valence-corrected chi connectivity index (χ3v) is 3.09. The van der Waals surface area contributed by atoms with Gasteiger partial charge < -0.3 is 9.88 Å². The zero-order chi connectivity index (χ0) is 13.9. The summed E-state index contributed by atoms with van der Waals surface area (Å²) >= 11 is 0. The van der Waals surface area contributed by atoms with Gasteiger partial charge in [-0.15, -0.1) is 0 Å². The fraction of sp³-hybridized carbons (Fsp3) is 0.133. The zero-order valence-electron chi connectivity index (χ0n) is 11.1. The van der Waals surface area contributed by atoms with Crippen molar-refractivity contribution in [1.29, 1.82) is 0 Å². The Morgan fingerprint density at radius 3 is 2.95 bits per heavy atom. The lowest BCUT2D eigenvalue weighted by Crippen LogP contribution is -2.15. The molecule has 5 nitrogen and oxygen atoms in total. The van der Waals surface area contributed by atoms with Crippen molar-refractivity contribution in [3.05, 3.63) is 54.5 Å². The second-order valence-corrected chi connectivity index (χ2v) is 4.62. The average molecular weight is 266 g/mol. The van der Waals surface area contributed by atoms with Crippen LogP contribution >= 0.6 is 0 Å². The number of fused-ring (bicyclic) bond motifs is 1. The molecule has 0 aliphatic carbocycles. The number of aromatic nitrogens is 3. The van der Waals surface area contributed by atoms with Crippen LogP contribution in [-0.4, -0.2) is 20.4 Å². The molecule has 0 aliphatic heterocycles. The predicted octanol–water partition coefficient (Wildman–Crippen LogP) is 2.15. The Morgan fingerprint density at radius 2 is 2.15 bits per heavy atom. The molecule has 1 amide bonds. The molecule has 0 unspecified atom stereocenters. The van der Waals surface area contributed by atoms with Crippen molar-refractivity contribution in [2.75, 3.05) is 5.32 Å². The van der Waals surface area contributed by atoms with Crippen molar-refractivity contribution in [2.24, 2.45) is 7.05 Å². The summed E-state index contributed by atoms with van der Waals surface area (Å²) in [6, 6.07) is 11.3. The molecule has 100 valence electrons. The monoisotopic (exact) mass is 266 g/mol. The summed E-state index contributed by atoms with van der Waals surface area (Å²) in [4.78, 5) is 20.3. The molecule has 0 saturated carbocycles. The highest BCUT2D eigenvalue weighted by Gasteiger charge is 2.07. The van der Waals surface area contributed by atoms with E-state index in [-0.39, 0.29) is 5.91 Å². The van der Waals surface area contributed by atoms with E-state index in [0.717, 1.165) is 16.6 Å². The number of nitrogens with one attached hydrogen (secondary N) is 1. The number of carbonyl (C=O) groups excluding carboxylic acids is 1. The van der Waals surface area contributed by atoms with E-state index in [1.165, 1.54) is 0 Å². The van der Waals surface area contributed by atoms with Crippen molar-refractivity contribution in [2.45, 2.75) is 6.42 Å². The first-order valence-corrected chi connectivity index (χ1v) is 6.33. The van der Waals surface area contributed by atoms with Crippen LogP contribution < -0.4 is 5.32 Å². The molecule has 1 aromatic carbocycles. The van der Waals surface area contributed by atoms with Gasteiger partial charge in [0.25, 0.3) is 0 Å². The lowest BCUT2D eigenvalue weighted by molar-refractivity contribution is -0.115. The van der Waals surface area contributed by atoms with Gasteiger partial charge in [-0.2, -0.15) is 0 Å². The van der Waals surface area contributed by atoms with E-state index in [9.17, 15) is 4.79 Å². The van der Waals surface area contributed by atoms with Gasteiger partial charge in [-0.25, -0.2) is 9.97 Å². The van der Waals surface area contributed by atoms with E-state index in [1.807, 2.05) is 41.9 Å². The van der Waals surface area contributed by atoms with E-state index >= 15 is 0 Å². The number of anilines is 1. The Morgan fingerprint density at radius 1 is 1.25 bits per heavy atom. The van der Waals surface area contributed by atoms with Crippen LogP contribution in [0.5, 0.6) is 0 Å². The van der Waals surface area contributed by atoms with Crippen molar-refractivity contribution in [3.8, 4) is 0 Å². The minimum atomic E-state index is -0.0843. The Balaban J connectivity index is 1.74. The summed E-state index contributed by atoms with van der Waals surface area (Å²) < 4.78 is 1.95. The molecule has 2 aromatic heterocycles. The number of aryl methyl sites for hydroxylation is 1. The molecule has 0 saturated heterocycles. The summed E-state index contributed by atoms with van der Waals surface area (Å²) in [7, 11) is 1.95. The van der Waals surface area contributed by atoms with Gasteiger partial charge in [-0.3, -0.25) is 4.79 Å². The maximum Gasteiger partial charge on any atom is 0.229 e. The number of hydrogen-bond donors (Lipinski definition) is 1. The van der Waals surface area contributed by atoms with Crippen LogP contribution in [-0.2, 0) is 18.3 Å².